The van der Waals surface area contributed by atoms with Gasteiger partial charge in [-0.05, 0) is 0 Å². The van der Waals surface area contributed by atoms with Crippen LogP contribution in [0.25, 0.3) is 0 Å². The predicted molar refractivity (Wildman–Crippen MR) is 16.0 cm³/mol. The number of hydrogen-bond donors (Lipinski definition) is 3. The second-order valence-corrected chi connectivity index (χ2v) is 0.346. The van der Waals surface area contributed by atoms with Crippen molar-refractivity contribution >= 4 is 7.32 Å². The van der Waals surface area contributed by atoms with Crippen LogP contribution in [0, 0.1) is 0 Å². The van der Waals surface area contributed by atoms with Crippen molar-refractivity contribution in [2.24, 2.45) is 0 Å². The molecule has 5 N–H and O–H groups in total. The first kappa shape index (κ1) is 40.0. The van der Waals surface area contributed by atoms with Gasteiger partial charge in [-0.2, -0.15) is 0 Å². The third-order valence-electron chi connectivity index (χ3n) is 0. The summed E-state index contributed by atoms with van der Waals surface area (Å²) in [6.07, 6.45) is 0. The molecule has 0 bridgehead atoms. The minimum Gasteiger partial charge on any atom is -1.00 e. The summed E-state index contributed by atoms with van der Waals surface area (Å²) >= 11 is 0. The maximum Gasteiger partial charge on any atom is 1.00 e. The van der Waals surface area contributed by atoms with Gasteiger partial charge in [0.05, 0.1) is 0 Å². The van der Waals surface area contributed by atoms with E-state index in [1.54, 1.807) is 0 Å². The third kappa shape index (κ3) is 95.0. The van der Waals surface area contributed by atoms with E-state index in [4.69, 9.17) is 15.1 Å². The Kier molecular flexibility index (Phi) is 135. The van der Waals surface area contributed by atoms with Crippen molar-refractivity contribution < 1.29 is 126 Å². The van der Waals surface area contributed by atoms with Gasteiger partial charge in [0.25, 0.3) is 0 Å². The van der Waals surface area contributed by atoms with Crippen LogP contribution in [0.4, 0.5) is 0 Å². The SMILES string of the molecule is O.OB(O)O.[Cl-].[Cl-].[K+].[Na+]. The monoisotopic (exact) mass is 212 g/mol. The molecule has 0 atom stereocenters. The van der Waals surface area contributed by atoms with Crippen LogP contribution in [0.15, 0.2) is 0 Å². The van der Waals surface area contributed by atoms with Gasteiger partial charge in [-0.15, -0.1) is 0 Å². The Bertz CT molecular complexity index is 23.3. The quantitative estimate of drug-likeness (QED) is 0.349. The van der Waals surface area contributed by atoms with Crippen molar-refractivity contribution in [3.63, 3.8) is 0 Å². The van der Waals surface area contributed by atoms with Crippen LogP contribution in [-0.4, -0.2) is 27.9 Å². The zero-order chi connectivity index (χ0) is 3.58. The van der Waals surface area contributed by atoms with Gasteiger partial charge in [-0.3, -0.25) is 0 Å². The summed E-state index contributed by atoms with van der Waals surface area (Å²) in [6.45, 7) is 0. The Labute approximate surface area is 131 Å². The minimum absolute atomic E-state index is 0. The molecule has 0 radical (unpaired) electrons. The molecular weight excluding hydrogens is 208 g/mol. The van der Waals surface area contributed by atoms with Crippen LogP contribution < -0.4 is 106 Å². The molecule has 0 aliphatic rings. The molecule has 9 heteroatoms. The largest absolute Gasteiger partial charge is 1.00 e. The zero-order valence-corrected chi connectivity index (χ0v) is 11.8. The van der Waals surface area contributed by atoms with E-state index >= 15 is 0 Å². The maximum absolute atomic E-state index is 7.17. The van der Waals surface area contributed by atoms with Crippen LogP contribution in [0.1, 0.15) is 0 Å². The molecule has 0 rings (SSSR count). The molecule has 0 heterocycles. The van der Waals surface area contributed by atoms with E-state index in [0.29, 0.717) is 0 Å². The Morgan fingerprint density at radius 3 is 0.889 bits per heavy atom. The summed E-state index contributed by atoms with van der Waals surface area (Å²) < 4.78 is 0. The average molecular weight is 213 g/mol. The van der Waals surface area contributed by atoms with E-state index in [9.17, 15) is 0 Å². The molecule has 4 nitrogen and oxygen atoms in total. The van der Waals surface area contributed by atoms with Crippen LogP contribution in [0.2, 0.25) is 0 Å². The Hall–Kier alpha value is 3.12. The molecule has 0 saturated carbocycles. The molecule has 9 heavy (non-hydrogen) atoms. The van der Waals surface area contributed by atoms with Gasteiger partial charge in [-0.25, -0.2) is 0 Å². The summed E-state index contributed by atoms with van der Waals surface area (Å²) in [5, 5.41) is 21.5. The first-order valence-corrected chi connectivity index (χ1v) is 0.775. The maximum atomic E-state index is 7.17. The van der Waals surface area contributed by atoms with Gasteiger partial charge in [-0.1, -0.05) is 0 Å². The van der Waals surface area contributed by atoms with E-state index in [0.717, 1.165) is 0 Å². The molecule has 0 aromatic rings. The van der Waals surface area contributed by atoms with Crippen molar-refractivity contribution in [1.82, 2.24) is 0 Å². The van der Waals surface area contributed by atoms with Crippen molar-refractivity contribution in [3.05, 3.63) is 0 Å². The zero-order valence-electron chi connectivity index (χ0n) is 5.17. The third-order valence-corrected chi connectivity index (χ3v) is 0. The van der Waals surface area contributed by atoms with Gasteiger partial charge in [0, 0.05) is 0 Å². The van der Waals surface area contributed by atoms with Crippen LogP contribution >= 0.6 is 0 Å². The molecular formula is H5BCl2KNaO4. The summed E-state index contributed by atoms with van der Waals surface area (Å²) in [6, 6.07) is 0. The fraction of sp³-hybridized carbons (Fsp3) is 0. The standard InChI is InChI=1S/BH3O3.2ClH.K.Na.H2O/c2-1(3)4;;;;;/h2-4H;2*1H;;;1H2/q;;;2*+1;/p-2. The molecule has 0 unspecified atom stereocenters. The van der Waals surface area contributed by atoms with Gasteiger partial charge < -0.3 is 45.4 Å². The van der Waals surface area contributed by atoms with Gasteiger partial charge in [0.2, 0.25) is 0 Å². The normalized spacial score (nSPS) is 3.00. The van der Waals surface area contributed by atoms with Crippen molar-refractivity contribution in [1.29, 1.82) is 0 Å². The number of hydrogen-bond acceptors (Lipinski definition) is 3. The topological polar surface area (TPSA) is 92.2 Å². The van der Waals surface area contributed by atoms with E-state index in [1.807, 2.05) is 0 Å². The molecule has 0 aliphatic carbocycles. The van der Waals surface area contributed by atoms with Crippen LogP contribution in [0.3, 0.4) is 0 Å². The van der Waals surface area contributed by atoms with E-state index < -0.39 is 7.32 Å². The molecule has 0 amide bonds. The molecule has 0 saturated heterocycles. The molecule has 0 fully saturated rings. The first-order chi connectivity index (χ1) is 1.73. The molecule has 0 aliphatic heterocycles. The van der Waals surface area contributed by atoms with Gasteiger partial charge >= 0.3 is 88.3 Å². The van der Waals surface area contributed by atoms with E-state index in [2.05, 4.69) is 0 Å². The smallest absolute Gasteiger partial charge is 1.00 e. The fourth-order valence-electron chi connectivity index (χ4n) is 0. The van der Waals surface area contributed by atoms with Gasteiger partial charge in [0.15, 0.2) is 0 Å². The number of halogens is 2. The summed E-state index contributed by atoms with van der Waals surface area (Å²) in [5.41, 5.74) is 0. The van der Waals surface area contributed by atoms with Crippen LogP contribution in [-0.2, 0) is 0 Å². The van der Waals surface area contributed by atoms with Crippen LogP contribution in [0.5, 0.6) is 0 Å². The average Bonchev–Trinajstić information content (AvgIpc) is 0.811. The van der Waals surface area contributed by atoms with Gasteiger partial charge in [0.1, 0.15) is 0 Å². The summed E-state index contributed by atoms with van der Waals surface area (Å²) in [4.78, 5) is 0. The fourth-order valence-corrected chi connectivity index (χ4v) is 0. The second-order valence-electron chi connectivity index (χ2n) is 0.346. The van der Waals surface area contributed by atoms with E-state index in [1.165, 1.54) is 0 Å². The molecule has 0 spiro atoms. The minimum atomic E-state index is -2.17. The summed E-state index contributed by atoms with van der Waals surface area (Å²) in [5.74, 6) is 0. The molecule has 48 valence electrons. The Morgan fingerprint density at radius 2 is 0.889 bits per heavy atom. The predicted octanol–water partition coefficient (Wildman–Crippen LogP) is -14.9. The van der Waals surface area contributed by atoms with Crippen molar-refractivity contribution in [2.75, 3.05) is 0 Å². The first-order valence-electron chi connectivity index (χ1n) is 0.775. The molecule has 0 aromatic heterocycles. The van der Waals surface area contributed by atoms with Crippen molar-refractivity contribution in [3.8, 4) is 0 Å². The molecule has 0 aromatic carbocycles. The Morgan fingerprint density at radius 1 is 0.889 bits per heavy atom. The summed E-state index contributed by atoms with van der Waals surface area (Å²) in [7, 11) is -2.17. The Balaban J connectivity index is -0.00000000450. The number of rotatable bonds is 0. The van der Waals surface area contributed by atoms with Crippen molar-refractivity contribution in [2.45, 2.75) is 0 Å². The second kappa shape index (κ2) is 30.4. The van der Waals surface area contributed by atoms with E-state index in [-0.39, 0.29) is 111 Å².